The number of rotatable bonds is 7. The number of Topliss-reactive ketones (excluding diaryl/α,β-unsaturated/α-hetero) is 2. The number of halogens is 3. The van der Waals surface area contributed by atoms with Gasteiger partial charge in [0, 0.05) is 38.0 Å². The fourth-order valence-electron chi connectivity index (χ4n) is 4.93. The summed E-state index contributed by atoms with van der Waals surface area (Å²) in [5.41, 5.74) is -0.920. The number of ketones is 2. The van der Waals surface area contributed by atoms with Crippen molar-refractivity contribution in [3.8, 4) is 0 Å². The Kier molecular flexibility index (Phi) is 28.3. The molecule has 282 valence electrons. The number of methoxy groups -OCH3 is 1. The van der Waals surface area contributed by atoms with Crippen LogP contribution >= 0.6 is 47.8 Å². The number of alkyl halides is 1. The Hall–Kier alpha value is 0.703. The number of imidazole rings is 1. The van der Waals surface area contributed by atoms with E-state index in [0.717, 1.165) is 0 Å². The minimum atomic E-state index is -0.595. The predicted molar refractivity (Wildman–Crippen MR) is 189 cm³/mol. The van der Waals surface area contributed by atoms with Crippen LogP contribution in [0.3, 0.4) is 0 Å². The molecule has 3 rings (SSSR count). The number of aromatic nitrogens is 2. The van der Waals surface area contributed by atoms with Crippen molar-refractivity contribution in [1.29, 1.82) is 0 Å². The van der Waals surface area contributed by atoms with E-state index < -0.39 is 23.3 Å². The van der Waals surface area contributed by atoms with Gasteiger partial charge in [0.1, 0.15) is 21.6 Å². The van der Waals surface area contributed by atoms with Gasteiger partial charge in [-0.2, -0.15) is 0 Å². The van der Waals surface area contributed by atoms with Crippen LogP contribution in [0.25, 0.3) is 0 Å². The average molecular weight is 972 g/mol. The van der Waals surface area contributed by atoms with E-state index in [1.54, 1.807) is 30.6 Å². The van der Waals surface area contributed by atoms with Crippen molar-refractivity contribution in [2.45, 2.75) is 80.6 Å². The molecule has 2 fully saturated rings. The molecule has 2 aliphatic heterocycles. The first-order chi connectivity index (χ1) is 22.1. The molecule has 0 unspecified atom stereocenters. The molecular weight excluding hydrogens is 922 g/mol. The topological polar surface area (TPSA) is 187 Å². The van der Waals surface area contributed by atoms with E-state index in [1.165, 1.54) is 11.7 Å². The molecule has 0 bridgehead atoms. The van der Waals surface area contributed by atoms with Crippen LogP contribution in [0.2, 0.25) is 0 Å². The summed E-state index contributed by atoms with van der Waals surface area (Å²) in [5.74, 6) is -0.765. The Morgan fingerprint density at radius 1 is 0.863 bits per heavy atom. The number of hydrogen-bond donors (Lipinski definition) is 0. The maximum atomic E-state index is 12.9. The maximum Gasteiger partial charge on any atom is 1.00 e. The predicted octanol–water partition coefficient (Wildman–Crippen LogP) is -1.09. The molecule has 2 aliphatic rings. The molecule has 0 aliphatic carbocycles. The maximum absolute atomic E-state index is 12.9. The number of amides is 2. The molecule has 1 aromatic heterocycles. The van der Waals surface area contributed by atoms with Crippen molar-refractivity contribution in [1.82, 2.24) is 19.4 Å². The summed E-state index contributed by atoms with van der Waals surface area (Å²) >= 11 is 9.64. The molecule has 2 saturated heterocycles. The quantitative estimate of drug-likeness (QED) is 0.0613. The van der Waals surface area contributed by atoms with Crippen LogP contribution in [0, 0.1) is 23.7 Å². The van der Waals surface area contributed by atoms with Crippen LogP contribution in [0.4, 0.5) is 9.59 Å². The van der Waals surface area contributed by atoms with Crippen LogP contribution in [0.15, 0.2) is 9.34 Å². The molecule has 0 saturated carbocycles. The summed E-state index contributed by atoms with van der Waals surface area (Å²) in [7, 11) is 1.26. The fraction of sp³-hybridized carbons (Fsp3) is 0.710. The number of likely N-dealkylation sites (tertiary alicyclic amines) is 2. The number of carbonyl (C=O) groups excluding carboxylic acids is 6. The average Bonchev–Trinajstić information content (AvgIpc) is 3.65. The minimum absolute atomic E-state index is 0. The smallest absolute Gasteiger partial charge is 1.00 e. The van der Waals surface area contributed by atoms with Gasteiger partial charge in [-0.05, 0) is 85.2 Å². The number of ether oxygens (including phenoxy) is 3. The van der Waals surface area contributed by atoms with Crippen LogP contribution in [-0.2, 0) is 40.0 Å². The third-order valence-corrected chi connectivity index (χ3v) is 8.81. The second-order valence-corrected chi connectivity index (χ2v) is 15.3. The first-order valence-electron chi connectivity index (χ1n) is 14.9. The van der Waals surface area contributed by atoms with Crippen molar-refractivity contribution in [2.75, 3.05) is 38.6 Å². The molecule has 20 heteroatoms. The van der Waals surface area contributed by atoms with E-state index in [2.05, 4.69) is 57.7 Å². The van der Waals surface area contributed by atoms with Crippen LogP contribution < -0.4 is 108 Å². The number of hydrogen-bond acceptors (Lipinski definition) is 12. The van der Waals surface area contributed by atoms with Gasteiger partial charge in [0.25, 0.3) is 6.47 Å². The van der Waals surface area contributed by atoms with E-state index in [9.17, 15) is 24.0 Å². The van der Waals surface area contributed by atoms with E-state index in [0.29, 0.717) is 34.3 Å². The molecule has 1 aromatic rings. The number of carbonyl (C=O) groups is 6. The summed E-state index contributed by atoms with van der Waals surface area (Å²) in [5, 5.41) is 8.78. The Labute approximate surface area is 412 Å². The minimum Gasteiger partial charge on any atom is -1.00 e. The third kappa shape index (κ3) is 18.9. The Morgan fingerprint density at radius 2 is 1.25 bits per heavy atom. The first-order valence-corrected chi connectivity index (χ1v) is 17.6. The molecule has 4 atom stereocenters. The summed E-state index contributed by atoms with van der Waals surface area (Å²) < 4.78 is 17.5. The van der Waals surface area contributed by atoms with Crippen LogP contribution in [0.5, 0.6) is 0 Å². The number of nitrogens with zero attached hydrogens (tertiary/aromatic N) is 4. The van der Waals surface area contributed by atoms with Crippen molar-refractivity contribution < 1.29 is 157 Å². The van der Waals surface area contributed by atoms with E-state index in [4.69, 9.17) is 24.3 Å². The molecule has 51 heavy (non-hydrogen) atoms. The van der Waals surface area contributed by atoms with Crippen LogP contribution in [-0.4, -0.2) is 105 Å². The second-order valence-electron chi connectivity index (χ2n) is 13.3. The van der Waals surface area contributed by atoms with Gasteiger partial charge in [-0.15, -0.1) is 0 Å². The van der Waals surface area contributed by atoms with Crippen molar-refractivity contribution in [2.24, 2.45) is 23.7 Å². The Morgan fingerprint density at radius 3 is 1.59 bits per heavy atom. The summed E-state index contributed by atoms with van der Waals surface area (Å²) in [6.45, 7) is 16.4. The molecule has 0 aromatic carbocycles. The molecule has 15 nitrogen and oxygen atoms in total. The zero-order valence-electron chi connectivity index (χ0n) is 31.5. The number of esters is 1. The monoisotopic (exact) mass is 968 g/mol. The largest absolute Gasteiger partial charge is 1.00 e. The van der Waals surface area contributed by atoms with E-state index in [-0.39, 0.29) is 178 Å². The van der Waals surface area contributed by atoms with Crippen molar-refractivity contribution in [3.63, 3.8) is 0 Å². The standard InChI is InChI=1S/C17H23Br2N3O5.C12H20BrNO3.CH2O3.CH4.2K.H/c1-9-6-21(16(25)27-17(2,3)4)7-10(9)11(23)8-22-12(14(24)26-5)13(18)20-15(22)19;1-8-6-14(7-9(8)10(15)5-13)11(16)17-12(2,3)4;2-1-4-3;;;;/h9-10H,6-8H2,1-5H3;8-9H,5-7H2,1-4H3;1,3H;1H4;;;/q;;;;2*+1;-1/p-1/t9-,10-;8-,9-;;;;;/m11...../s1. The van der Waals surface area contributed by atoms with Gasteiger partial charge in [0.05, 0.1) is 19.0 Å². The van der Waals surface area contributed by atoms with Gasteiger partial charge in [-0.1, -0.05) is 37.2 Å². The van der Waals surface area contributed by atoms with Gasteiger partial charge in [0.15, 0.2) is 16.2 Å². The first kappa shape index (κ1) is 56.0. The molecule has 0 N–H and O–H groups in total. The summed E-state index contributed by atoms with van der Waals surface area (Å²) in [6, 6.07) is 0. The second kappa shape index (κ2) is 25.8. The molecular formula is C31H49Br3K2N4O11. The third-order valence-electron chi connectivity index (χ3n) is 7.10. The van der Waals surface area contributed by atoms with Gasteiger partial charge < -0.3 is 40.1 Å². The zero-order chi connectivity index (χ0) is 37.1. The molecule has 3 heterocycles. The van der Waals surface area contributed by atoms with Crippen molar-refractivity contribution >= 4 is 84.0 Å². The van der Waals surface area contributed by atoms with Gasteiger partial charge in [-0.25, -0.2) is 19.4 Å². The van der Waals surface area contributed by atoms with Crippen LogP contribution in [0.1, 0.15) is 74.7 Å². The fourth-order valence-corrected chi connectivity index (χ4v) is 6.61. The van der Waals surface area contributed by atoms with Crippen molar-refractivity contribution in [3.05, 3.63) is 15.0 Å². The molecule has 2 amide bonds. The normalized spacial score (nSPS) is 19.2. The summed E-state index contributed by atoms with van der Waals surface area (Å²) in [6.07, 6.45) is -0.749. The van der Waals surface area contributed by atoms with Gasteiger partial charge in [0.2, 0.25) is 0 Å². The SMILES string of the molecule is C.COC(=O)c1c(Br)nc(Br)n1CC(=O)[C@@H]1CN(C(=O)OC(C)(C)C)C[C@H]1C.C[C@@H]1CN(C(=O)OC(C)(C)C)C[C@H]1C(=O)CBr.O=CO[O-].[H-].[K+].[K+]. The zero-order valence-corrected chi connectivity index (χ0v) is 41.5. The summed E-state index contributed by atoms with van der Waals surface area (Å²) in [4.78, 5) is 79.2. The Bertz CT molecular complexity index is 1330. The van der Waals surface area contributed by atoms with Gasteiger partial charge >= 0.3 is 121 Å². The molecule has 0 radical (unpaired) electrons. The molecule has 0 spiro atoms. The van der Waals surface area contributed by atoms with Gasteiger partial charge in [-0.3, -0.25) is 14.4 Å². The van der Waals surface area contributed by atoms with E-state index >= 15 is 0 Å². The van der Waals surface area contributed by atoms with E-state index in [1.807, 2.05) is 34.6 Å². The Balaban J connectivity index is -0.000000400.